The van der Waals surface area contributed by atoms with Crippen LogP contribution in [0.4, 0.5) is 15.8 Å². The van der Waals surface area contributed by atoms with Gasteiger partial charge in [-0.1, -0.05) is 18.2 Å². The second-order valence-electron chi connectivity index (χ2n) is 6.77. The Balaban J connectivity index is 1.67. The lowest BCUT2D eigenvalue weighted by Gasteiger charge is -2.25. The van der Waals surface area contributed by atoms with Crippen molar-refractivity contribution >= 4 is 27.0 Å². The van der Waals surface area contributed by atoms with Gasteiger partial charge >= 0.3 is 0 Å². The van der Waals surface area contributed by atoms with E-state index in [0.29, 0.717) is 11.4 Å². The van der Waals surface area contributed by atoms with Gasteiger partial charge < -0.3 is 10.1 Å². The third-order valence-electron chi connectivity index (χ3n) is 4.84. The number of rotatable bonds is 7. The molecule has 0 fully saturated rings. The number of nitrogens with one attached hydrogen (secondary N) is 2. The minimum atomic E-state index is -3.36. The number of methoxy groups -OCH3 is 1. The van der Waals surface area contributed by atoms with Gasteiger partial charge in [0, 0.05) is 17.8 Å². The summed E-state index contributed by atoms with van der Waals surface area (Å²) in [5.41, 5.74) is 3.60. The van der Waals surface area contributed by atoms with E-state index >= 15 is 0 Å². The summed E-state index contributed by atoms with van der Waals surface area (Å²) < 4.78 is 44.5. The highest BCUT2D eigenvalue weighted by Gasteiger charge is 2.17. The maximum atomic E-state index is 13.1. The van der Waals surface area contributed by atoms with E-state index in [0.717, 1.165) is 30.5 Å². The minimum Gasteiger partial charge on any atom is -0.494 e. The van der Waals surface area contributed by atoms with E-state index < -0.39 is 10.0 Å². The highest BCUT2D eigenvalue weighted by atomic mass is 32.2. The summed E-state index contributed by atoms with van der Waals surface area (Å²) in [6.07, 6.45) is 4.92. The van der Waals surface area contributed by atoms with Crippen molar-refractivity contribution in [2.75, 3.05) is 22.9 Å². The molecule has 0 aromatic heterocycles. The topological polar surface area (TPSA) is 67.4 Å². The number of allylic oxidation sites excluding steroid dienone is 1. The molecular weight excluding hydrogens is 379 g/mol. The van der Waals surface area contributed by atoms with Gasteiger partial charge in [-0.3, -0.25) is 4.72 Å². The number of anilines is 2. The Kier molecular flexibility index (Phi) is 6.24. The van der Waals surface area contributed by atoms with Crippen molar-refractivity contribution in [1.82, 2.24) is 0 Å². The number of sulfonamides is 1. The van der Waals surface area contributed by atoms with Gasteiger partial charge in [0.15, 0.2) is 0 Å². The zero-order valence-corrected chi connectivity index (χ0v) is 16.9. The van der Waals surface area contributed by atoms with Gasteiger partial charge in [-0.25, -0.2) is 12.8 Å². The van der Waals surface area contributed by atoms with Gasteiger partial charge in [-0.15, -0.1) is 0 Å². The summed E-state index contributed by atoms with van der Waals surface area (Å²) in [5.74, 6) is 0.250. The van der Waals surface area contributed by atoms with Gasteiger partial charge in [0.1, 0.15) is 11.6 Å². The van der Waals surface area contributed by atoms with Gasteiger partial charge in [0.25, 0.3) is 0 Å². The molecule has 1 aliphatic carbocycles. The Morgan fingerprint density at radius 3 is 2.54 bits per heavy atom. The SMILES string of the molecule is CCS(=O)(=O)Nc1ccc(N[C@H]2CC=C(c3ccc(F)cc3)CC2)cc1OC. The summed E-state index contributed by atoms with van der Waals surface area (Å²) in [6.45, 7) is 1.58. The summed E-state index contributed by atoms with van der Waals surface area (Å²) in [6, 6.07) is 12.2. The molecule has 2 aromatic rings. The fraction of sp³-hybridized carbons (Fsp3) is 0.333. The van der Waals surface area contributed by atoms with Crippen molar-refractivity contribution in [2.45, 2.75) is 32.2 Å². The molecule has 0 saturated heterocycles. The molecule has 7 heteroatoms. The first-order valence-corrected chi connectivity index (χ1v) is 11.0. The molecule has 5 nitrogen and oxygen atoms in total. The summed E-state index contributed by atoms with van der Waals surface area (Å²) in [4.78, 5) is 0. The second-order valence-corrected chi connectivity index (χ2v) is 8.78. The predicted molar refractivity (Wildman–Crippen MR) is 112 cm³/mol. The highest BCUT2D eigenvalue weighted by molar-refractivity contribution is 7.92. The van der Waals surface area contributed by atoms with Gasteiger partial charge in [-0.2, -0.15) is 0 Å². The molecule has 0 unspecified atom stereocenters. The molecule has 2 aromatic carbocycles. The van der Waals surface area contributed by atoms with Crippen LogP contribution >= 0.6 is 0 Å². The normalized spacial score (nSPS) is 17.0. The Bertz CT molecular complexity index is 956. The largest absolute Gasteiger partial charge is 0.494 e. The second kappa shape index (κ2) is 8.65. The summed E-state index contributed by atoms with van der Waals surface area (Å²) in [5, 5.41) is 3.48. The Morgan fingerprint density at radius 2 is 1.93 bits per heavy atom. The van der Waals surface area contributed by atoms with Crippen LogP contribution in [0.25, 0.3) is 5.57 Å². The van der Waals surface area contributed by atoms with Gasteiger partial charge in [0.05, 0.1) is 18.6 Å². The molecule has 1 aliphatic rings. The summed E-state index contributed by atoms with van der Waals surface area (Å²) in [7, 11) is -1.85. The Labute approximate surface area is 165 Å². The summed E-state index contributed by atoms with van der Waals surface area (Å²) >= 11 is 0. The van der Waals surface area contributed by atoms with Crippen LogP contribution in [-0.4, -0.2) is 27.3 Å². The number of hydrogen-bond acceptors (Lipinski definition) is 4. The van der Waals surface area contributed by atoms with E-state index in [1.807, 2.05) is 18.2 Å². The van der Waals surface area contributed by atoms with Crippen molar-refractivity contribution in [3.8, 4) is 5.75 Å². The molecule has 28 heavy (non-hydrogen) atoms. The Morgan fingerprint density at radius 1 is 1.18 bits per heavy atom. The van der Waals surface area contributed by atoms with Crippen LogP contribution in [0.3, 0.4) is 0 Å². The predicted octanol–water partition coefficient (Wildman–Crippen LogP) is 4.64. The lowest BCUT2D eigenvalue weighted by Crippen LogP contribution is -2.21. The lowest BCUT2D eigenvalue weighted by atomic mass is 9.90. The van der Waals surface area contributed by atoms with Crippen molar-refractivity contribution in [2.24, 2.45) is 0 Å². The fourth-order valence-electron chi connectivity index (χ4n) is 3.23. The van der Waals surface area contributed by atoms with E-state index in [1.54, 1.807) is 19.1 Å². The minimum absolute atomic E-state index is 0.000946. The number of halogens is 1. The van der Waals surface area contributed by atoms with Crippen LogP contribution in [0.1, 0.15) is 31.7 Å². The molecule has 0 saturated carbocycles. The number of ether oxygens (including phenoxy) is 1. The molecular formula is C21H25FN2O3S. The number of benzene rings is 2. The molecule has 0 aliphatic heterocycles. The average Bonchev–Trinajstić information content (AvgIpc) is 2.70. The third-order valence-corrected chi connectivity index (χ3v) is 6.13. The maximum absolute atomic E-state index is 13.1. The molecule has 0 radical (unpaired) electrons. The molecule has 0 spiro atoms. The molecule has 0 heterocycles. The average molecular weight is 405 g/mol. The van der Waals surface area contributed by atoms with E-state index in [1.165, 1.54) is 24.8 Å². The zero-order valence-electron chi connectivity index (χ0n) is 16.0. The van der Waals surface area contributed by atoms with Crippen LogP contribution in [-0.2, 0) is 10.0 Å². The first-order chi connectivity index (χ1) is 13.4. The van der Waals surface area contributed by atoms with Crippen LogP contribution in [0, 0.1) is 5.82 Å². The monoisotopic (exact) mass is 404 g/mol. The number of hydrogen-bond donors (Lipinski definition) is 2. The molecule has 150 valence electrons. The zero-order chi connectivity index (χ0) is 20.1. The van der Waals surface area contributed by atoms with E-state index in [-0.39, 0.29) is 17.6 Å². The van der Waals surface area contributed by atoms with Crippen molar-refractivity contribution in [1.29, 1.82) is 0 Å². The highest BCUT2D eigenvalue weighted by Crippen LogP contribution is 2.32. The van der Waals surface area contributed by atoms with Crippen LogP contribution in [0.2, 0.25) is 0 Å². The van der Waals surface area contributed by atoms with Crippen LogP contribution in [0.5, 0.6) is 5.75 Å². The van der Waals surface area contributed by atoms with Gasteiger partial charge in [0.2, 0.25) is 10.0 Å². The first kappa shape index (κ1) is 20.2. The third kappa shape index (κ3) is 5.04. The molecule has 3 rings (SSSR count). The maximum Gasteiger partial charge on any atom is 0.232 e. The van der Waals surface area contributed by atoms with E-state index in [4.69, 9.17) is 4.74 Å². The van der Waals surface area contributed by atoms with Crippen molar-refractivity contribution in [3.05, 3.63) is 59.9 Å². The molecule has 0 amide bonds. The van der Waals surface area contributed by atoms with Gasteiger partial charge in [-0.05, 0) is 61.6 Å². The van der Waals surface area contributed by atoms with Crippen LogP contribution < -0.4 is 14.8 Å². The van der Waals surface area contributed by atoms with Crippen LogP contribution in [0.15, 0.2) is 48.5 Å². The molecule has 0 bridgehead atoms. The fourth-order valence-corrected chi connectivity index (χ4v) is 3.88. The smallest absolute Gasteiger partial charge is 0.232 e. The molecule has 1 atom stereocenters. The van der Waals surface area contributed by atoms with E-state index in [2.05, 4.69) is 16.1 Å². The Hall–Kier alpha value is -2.54. The van der Waals surface area contributed by atoms with E-state index in [9.17, 15) is 12.8 Å². The molecule has 2 N–H and O–H groups in total. The van der Waals surface area contributed by atoms with Crippen molar-refractivity contribution in [3.63, 3.8) is 0 Å². The first-order valence-electron chi connectivity index (χ1n) is 9.30. The lowest BCUT2D eigenvalue weighted by molar-refractivity contribution is 0.417. The standard InChI is InChI=1S/C21H25FN2O3S/c1-3-28(25,26)24-20-13-12-19(14-21(20)27-2)23-18-10-6-16(7-11-18)15-4-8-17(22)9-5-15/h4-6,8-9,12-14,18,23-24H,3,7,10-11H2,1-2H3/t18-/m0/s1. The van der Waals surface area contributed by atoms with Crippen molar-refractivity contribution < 1.29 is 17.5 Å². The quantitative estimate of drug-likeness (QED) is 0.705.